The average molecular weight is 781 g/mol. The Balaban J connectivity index is 3.16. The SMILES string of the molecule is CCCCCCCCN(CCCCCCCC)C(=O)C(F)S(=O)(=O)OCC1(CCC(=O)N(C(=O)OC(C)(C)C)C(=O)OC(C)(C)C)COC(C)(C)OC1. The molecular weight excluding hydrogens is 711 g/mol. The van der Waals surface area contributed by atoms with Crippen LogP contribution in [0, 0.1) is 5.41 Å². The van der Waals surface area contributed by atoms with Crippen LogP contribution in [0.4, 0.5) is 14.0 Å². The quantitative estimate of drug-likeness (QED) is 0.0768. The van der Waals surface area contributed by atoms with E-state index in [1.54, 1.807) is 55.4 Å². The van der Waals surface area contributed by atoms with Crippen LogP contribution >= 0.6 is 0 Å². The van der Waals surface area contributed by atoms with E-state index in [0.29, 0.717) is 12.8 Å². The normalized spacial score (nSPS) is 16.4. The van der Waals surface area contributed by atoms with Crippen molar-refractivity contribution in [3.05, 3.63) is 0 Å². The maximum Gasteiger partial charge on any atom is 0.426 e. The lowest BCUT2D eigenvalue weighted by Crippen LogP contribution is -2.51. The van der Waals surface area contributed by atoms with Gasteiger partial charge in [0.1, 0.15) is 11.2 Å². The van der Waals surface area contributed by atoms with Crippen molar-refractivity contribution in [3.8, 4) is 0 Å². The van der Waals surface area contributed by atoms with Crippen LogP contribution < -0.4 is 0 Å². The molecule has 0 aromatic heterocycles. The molecule has 1 aliphatic heterocycles. The molecule has 4 amide bonds. The highest BCUT2D eigenvalue weighted by molar-refractivity contribution is 7.88. The fourth-order valence-electron chi connectivity index (χ4n) is 5.45. The van der Waals surface area contributed by atoms with Crippen LogP contribution in [-0.4, -0.2) is 97.6 Å². The van der Waals surface area contributed by atoms with Crippen molar-refractivity contribution in [2.75, 3.05) is 32.9 Å². The molecule has 15 heteroatoms. The van der Waals surface area contributed by atoms with Gasteiger partial charge in [-0.1, -0.05) is 78.1 Å². The Morgan fingerprint density at radius 1 is 0.736 bits per heavy atom. The van der Waals surface area contributed by atoms with Gasteiger partial charge in [-0.3, -0.25) is 13.8 Å². The molecule has 1 unspecified atom stereocenters. The number of unbranched alkanes of at least 4 members (excludes halogenated alkanes) is 10. The lowest BCUT2D eigenvalue weighted by atomic mass is 9.84. The van der Waals surface area contributed by atoms with E-state index in [1.165, 1.54) is 4.90 Å². The number of hydrogen-bond acceptors (Lipinski definition) is 11. The second kappa shape index (κ2) is 22.3. The van der Waals surface area contributed by atoms with E-state index in [2.05, 4.69) is 13.8 Å². The molecule has 13 nitrogen and oxygen atoms in total. The molecule has 53 heavy (non-hydrogen) atoms. The predicted molar refractivity (Wildman–Crippen MR) is 200 cm³/mol. The van der Waals surface area contributed by atoms with Crippen LogP contribution in [0.1, 0.15) is 159 Å². The molecule has 1 saturated heterocycles. The molecule has 0 N–H and O–H groups in total. The van der Waals surface area contributed by atoms with Gasteiger partial charge in [0.05, 0.1) is 19.8 Å². The molecule has 310 valence electrons. The van der Waals surface area contributed by atoms with Gasteiger partial charge in [-0.2, -0.15) is 8.42 Å². The van der Waals surface area contributed by atoms with Crippen molar-refractivity contribution in [1.82, 2.24) is 9.80 Å². The fourth-order valence-corrected chi connectivity index (χ4v) is 6.38. The van der Waals surface area contributed by atoms with Gasteiger partial charge in [0.15, 0.2) is 5.79 Å². The summed E-state index contributed by atoms with van der Waals surface area (Å²) in [7, 11) is -5.09. The number of ether oxygens (including phenoxy) is 4. The predicted octanol–water partition coefficient (Wildman–Crippen LogP) is 8.43. The number of hydrogen-bond donors (Lipinski definition) is 0. The Morgan fingerprint density at radius 3 is 1.57 bits per heavy atom. The number of imide groups is 3. The minimum atomic E-state index is -5.09. The Bertz CT molecular complexity index is 1210. The zero-order valence-corrected chi connectivity index (χ0v) is 35.0. The molecule has 0 aliphatic carbocycles. The van der Waals surface area contributed by atoms with Crippen molar-refractivity contribution in [1.29, 1.82) is 0 Å². The molecule has 0 aromatic carbocycles. The Labute approximate surface area is 318 Å². The number of alkyl halides is 1. The van der Waals surface area contributed by atoms with Crippen LogP contribution in [0.25, 0.3) is 0 Å². The van der Waals surface area contributed by atoms with E-state index in [0.717, 1.165) is 64.2 Å². The van der Waals surface area contributed by atoms with Crippen molar-refractivity contribution in [2.24, 2.45) is 5.41 Å². The van der Waals surface area contributed by atoms with E-state index in [9.17, 15) is 27.6 Å². The molecule has 1 fully saturated rings. The zero-order valence-electron chi connectivity index (χ0n) is 34.2. The highest BCUT2D eigenvalue weighted by atomic mass is 32.2. The van der Waals surface area contributed by atoms with Gasteiger partial charge < -0.3 is 23.8 Å². The Kier molecular flexibility index (Phi) is 20.4. The Morgan fingerprint density at radius 2 is 1.15 bits per heavy atom. The topological polar surface area (TPSA) is 155 Å². The van der Waals surface area contributed by atoms with Gasteiger partial charge in [-0.15, -0.1) is 4.90 Å². The molecule has 1 atom stereocenters. The minimum Gasteiger partial charge on any atom is -0.443 e. The number of carbonyl (C=O) groups excluding carboxylic acids is 4. The van der Waals surface area contributed by atoms with Gasteiger partial charge >= 0.3 is 27.8 Å². The van der Waals surface area contributed by atoms with Crippen LogP contribution in [0.2, 0.25) is 0 Å². The lowest BCUT2D eigenvalue weighted by Gasteiger charge is -2.43. The van der Waals surface area contributed by atoms with Crippen LogP contribution in [0.3, 0.4) is 0 Å². The molecule has 0 bridgehead atoms. The molecule has 0 aromatic rings. The van der Waals surface area contributed by atoms with Crippen molar-refractivity contribution < 1.29 is 55.1 Å². The first-order chi connectivity index (χ1) is 24.5. The first-order valence-electron chi connectivity index (χ1n) is 19.4. The second-order valence-electron chi connectivity index (χ2n) is 16.6. The number of nitrogens with zero attached hydrogens (tertiary/aromatic N) is 2. The first-order valence-corrected chi connectivity index (χ1v) is 20.8. The van der Waals surface area contributed by atoms with Gasteiger partial charge in [0.25, 0.3) is 5.91 Å². The number of amides is 4. The largest absolute Gasteiger partial charge is 0.443 e. The van der Waals surface area contributed by atoms with Crippen LogP contribution in [0.5, 0.6) is 0 Å². The Hall–Kier alpha value is -2.36. The average Bonchev–Trinajstić information content (AvgIpc) is 3.03. The summed E-state index contributed by atoms with van der Waals surface area (Å²) in [5.41, 5.74) is -6.39. The van der Waals surface area contributed by atoms with E-state index in [1.807, 2.05) is 0 Å². The van der Waals surface area contributed by atoms with E-state index in [4.69, 9.17) is 23.1 Å². The van der Waals surface area contributed by atoms with Crippen LogP contribution in [0.15, 0.2) is 0 Å². The first kappa shape index (κ1) is 48.7. The molecule has 1 heterocycles. The smallest absolute Gasteiger partial charge is 0.426 e. The van der Waals surface area contributed by atoms with Crippen LogP contribution in [-0.2, 0) is 42.8 Å². The summed E-state index contributed by atoms with van der Waals surface area (Å²) in [6.07, 6.45) is 8.25. The van der Waals surface area contributed by atoms with E-state index >= 15 is 4.39 Å². The van der Waals surface area contributed by atoms with Crippen molar-refractivity contribution in [2.45, 2.75) is 182 Å². The summed E-state index contributed by atoms with van der Waals surface area (Å²) in [5.74, 6) is -3.21. The summed E-state index contributed by atoms with van der Waals surface area (Å²) < 4.78 is 69.6. The minimum absolute atomic E-state index is 0.172. The fraction of sp³-hybridized carbons (Fsp3) is 0.895. The summed E-state index contributed by atoms with van der Waals surface area (Å²) in [5, 5.41) is 0. The summed E-state index contributed by atoms with van der Waals surface area (Å²) in [6.45, 7) is 16.4. The van der Waals surface area contributed by atoms with Gasteiger partial charge in [0.2, 0.25) is 5.91 Å². The third kappa shape index (κ3) is 19.2. The molecule has 0 spiro atoms. The molecule has 0 radical (unpaired) electrons. The van der Waals surface area contributed by atoms with Crippen molar-refractivity contribution >= 4 is 34.1 Å². The maximum absolute atomic E-state index is 15.7. The number of rotatable bonds is 22. The molecule has 0 saturated carbocycles. The molecule has 1 rings (SSSR count). The molecular formula is C38H69FN2O11S. The van der Waals surface area contributed by atoms with Crippen molar-refractivity contribution in [3.63, 3.8) is 0 Å². The highest BCUT2D eigenvalue weighted by Gasteiger charge is 2.45. The summed E-state index contributed by atoms with van der Waals surface area (Å²) >= 11 is 0. The number of halogens is 1. The maximum atomic E-state index is 15.7. The standard InChI is InChI=1S/C38H69FN2O11S/c1-11-13-15-17-19-21-25-40(26-22-20-18-16-14-12-2)32(43)31(39)53(46,47)50-29-38(27-48-37(9,10)49-28-38)24-23-30(42)41(33(44)51-35(3,4)5)34(45)52-36(6,7)8/h31H,11-29H2,1-10H3. The third-order valence-corrected chi connectivity index (χ3v) is 9.73. The zero-order chi connectivity index (χ0) is 40.5. The monoisotopic (exact) mass is 780 g/mol. The van der Waals surface area contributed by atoms with E-state index in [-0.39, 0.29) is 37.6 Å². The van der Waals surface area contributed by atoms with Gasteiger partial charge in [-0.25, -0.2) is 14.0 Å². The highest BCUT2D eigenvalue weighted by Crippen LogP contribution is 2.35. The van der Waals surface area contributed by atoms with E-state index < -0.39 is 75.1 Å². The van der Waals surface area contributed by atoms with Gasteiger partial charge in [0, 0.05) is 24.9 Å². The number of carbonyl (C=O) groups is 4. The second-order valence-corrected chi connectivity index (χ2v) is 18.2. The molecule has 1 aliphatic rings. The van der Waals surface area contributed by atoms with Gasteiger partial charge in [-0.05, 0) is 74.7 Å². The third-order valence-electron chi connectivity index (χ3n) is 8.57. The summed E-state index contributed by atoms with van der Waals surface area (Å²) in [6, 6.07) is 0. The summed E-state index contributed by atoms with van der Waals surface area (Å²) in [4.78, 5) is 54.4. The lowest BCUT2D eigenvalue weighted by molar-refractivity contribution is -0.289.